The predicted molar refractivity (Wildman–Crippen MR) is 145 cm³/mol. The van der Waals surface area contributed by atoms with E-state index in [9.17, 15) is 4.79 Å². The standard InChI is InChI=1S/C30H35N3O2/c1-22(32-25-9-5-3-6-10-25)28-21-24(15-18-29(28)33-26-11-7-4-8-12-26)30(34)31-20-19-23-13-16-27(35-2)17-14-23/h3,5-6,9-10,13-18,21,26,32-33H,1,4,7-8,11-12,19-20H2,2H3,(H,31,34). The highest BCUT2D eigenvalue weighted by Crippen LogP contribution is 2.29. The molecule has 1 amide bonds. The zero-order valence-electron chi connectivity index (χ0n) is 20.5. The first-order chi connectivity index (χ1) is 17.1. The van der Waals surface area contributed by atoms with Gasteiger partial charge in [0.05, 0.1) is 7.11 Å². The lowest BCUT2D eigenvalue weighted by molar-refractivity contribution is 0.0954. The fourth-order valence-corrected chi connectivity index (χ4v) is 4.51. The van der Waals surface area contributed by atoms with Crippen LogP contribution in [-0.2, 0) is 6.42 Å². The van der Waals surface area contributed by atoms with Gasteiger partial charge in [-0.1, -0.05) is 56.2 Å². The average molecular weight is 470 g/mol. The quantitative estimate of drug-likeness (QED) is 0.317. The number of methoxy groups -OCH3 is 1. The summed E-state index contributed by atoms with van der Waals surface area (Å²) >= 11 is 0. The van der Waals surface area contributed by atoms with Crippen molar-refractivity contribution in [2.45, 2.75) is 44.6 Å². The first kappa shape index (κ1) is 24.4. The highest BCUT2D eigenvalue weighted by molar-refractivity contribution is 5.96. The van der Waals surface area contributed by atoms with Crippen LogP contribution in [-0.4, -0.2) is 25.6 Å². The maximum atomic E-state index is 13.0. The smallest absolute Gasteiger partial charge is 0.251 e. The van der Waals surface area contributed by atoms with E-state index in [1.807, 2.05) is 72.8 Å². The summed E-state index contributed by atoms with van der Waals surface area (Å²) in [5, 5.41) is 10.2. The Morgan fingerprint density at radius 1 is 0.971 bits per heavy atom. The van der Waals surface area contributed by atoms with E-state index >= 15 is 0 Å². The Labute approximate surface area is 208 Å². The van der Waals surface area contributed by atoms with Crippen molar-refractivity contribution in [1.29, 1.82) is 0 Å². The van der Waals surface area contributed by atoms with E-state index in [2.05, 4.69) is 22.5 Å². The number of anilines is 2. The first-order valence-corrected chi connectivity index (χ1v) is 12.5. The lowest BCUT2D eigenvalue weighted by Gasteiger charge is -2.26. The minimum Gasteiger partial charge on any atom is -0.497 e. The Kier molecular flexibility index (Phi) is 8.44. The van der Waals surface area contributed by atoms with Gasteiger partial charge in [-0.3, -0.25) is 4.79 Å². The zero-order chi connectivity index (χ0) is 24.5. The van der Waals surface area contributed by atoms with Crippen LogP contribution in [0.1, 0.15) is 53.6 Å². The Balaban J connectivity index is 1.46. The Bertz CT molecular complexity index is 1120. The van der Waals surface area contributed by atoms with Gasteiger partial charge >= 0.3 is 0 Å². The molecule has 5 heteroatoms. The Morgan fingerprint density at radius 2 is 1.71 bits per heavy atom. The van der Waals surface area contributed by atoms with Gasteiger partial charge < -0.3 is 20.7 Å². The Hall–Kier alpha value is -3.73. The third kappa shape index (κ3) is 6.89. The number of nitrogens with one attached hydrogen (secondary N) is 3. The molecule has 0 spiro atoms. The molecule has 0 atom stereocenters. The molecule has 0 aromatic heterocycles. The van der Waals surface area contributed by atoms with E-state index in [4.69, 9.17) is 4.74 Å². The minimum absolute atomic E-state index is 0.0866. The van der Waals surface area contributed by atoms with Crippen molar-refractivity contribution in [1.82, 2.24) is 5.32 Å². The molecule has 1 aliphatic rings. The van der Waals surface area contributed by atoms with Gasteiger partial charge in [0.15, 0.2) is 0 Å². The summed E-state index contributed by atoms with van der Waals surface area (Å²) in [6.07, 6.45) is 6.92. The number of hydrogen-bond acceptors (Lipinski definition) is 4. The van der Waals surface area contributed by atoms with Gasteiger partial charge in [-0.05, 0) is 67.3 Å². The van der Waals surface area contributed by atoms with Crippen molar-refractivity contribution in [2.75, 3.05) is 24.3 Å². The number of rotatable bonds is 10. The maximum absolute atomic E-state index is 13.0. The van der Waals surface area contributed by atoms with Crippen molar-refractivity contribution >= 4 is 23.0 Å². The monoisotopic (exact) mass is 469 g/mol. The van der Waals surface area contributed by atoms with E-state index in [0.29, 0.717) is 18.2 Å². The molecule has 3 aromatic carbocycles. The number of para-hydroxylation sites is 1. The van der Waals surface area contributed by atoms with Crippen molar-refractivity contribution in [2.24, 2.45) is 0 Å². The summed E-state index contributed by atoms with van der Waals surface area (Å²) in [7, 11) is 1.66. The summed E-state index contributed by atoms with van der Waals surface area (Å²) in [5.41, 5.74) is 5.44. The third-order valence-electron chi connectivity index (χ3n) is 6.50. The normalized spacial score (nSPS) is 13.6. The third-order valence-corrected chi connectivity index (χ3v) is 6.50. The molecule has 5 nitrogen and oxygen atoms in total. The molecule has 0 bridgehead atoms. The molecule has 0 saturated heterocycles. The van der Waals surface area contributed by atoms with Crippen LogP contribution in [0, 0.1) is 0 Å². The number of carbonyl (C=O) groups excluding carboxylic acids is 1. The molecule has 3 N–H and O–H groups in total. The highest BCUT2D eigenvalue weighted by Gasteiger charge is 2.17. The minimum atomic E-state index is -0.0866. The van der Waals surface area contributed by atoms with E-state index < -0.39 is 0 Å². The predicted octanol–water partition coefficient (Wildman–Crippen LogP) is 6.50. The van der Waals surface area contributed by atoms with Crippen molar-refractivity contribution in [3.63, 3.8) is 0 Å². The van der Waals surface area contributed by atoms with Crippen LogP contribution in [0.15, 0.2) is 79.4 Å². The number of hydrogen-bond donors (Lipinski definition) is 3. The van der Waals surface area contributed by atoms with Gasteiger partial charge in [0.1, 0.15) is 5.75 Å². The van der Waals surface area contributed by atoms with Crippen LogP contribution >= 0.6 is 0 Å². The SMILES string of the molecule is C=C(Nc1ccccc1)c1cc(C(=O)NCCc2ccc(OC)cc2)ccc1NC1CCCCC1. The van der Waals surface area contributed by atoms with Gasteiger partial charge in [-0.2, -0.15) is 0 Å². The van der Waals surface area contributed by atoms with Gasteiger partial charge in [0, 0.05) is 40.8 Å². The lowest BCUT2D eigenvalue weighted by atomic mass is 9.94. The fourth-order valence-electron chi connectivity index (χ4n) is 4.51. The average Bonchev–Trinajstić information content (AvgIpc) is 2.90. The molecule has 1 aliphatic carbocycles. The summed E-state index contributed by atoms with van der Waals surface area (Å²) in [5.74, 6) is 0.744. The molecule has 1 saturated carbocycles. The van der Waals surface area contributed by atoms with Crippen LogP contribution in [0.2, 0.25) is 0 Å². The molecule has 0 unspecified atom stereocenters. The van der Waals surface area contributed by atoms with Crippen LogP contribution in [0.5, 0.6) is 5.75 Å². The van der Waals surface area contributed by atoms with E-state index in [1.54, 1.807) is 7.11 Å². The second-order valence-corrected chi connectivity index (χ2v) is 9.06. The highest BCUT2D eigenvalue weighted by atomic mass is 16.5. The first-order valence-electron chi connectivity index (χ1n) is 12.5. The van der Waals surface area contributed by atoms with Gasteiger partial charge in [0.2, 0.25) is 0 Å². The fraction of sp³-hybridized carbons (Fsp3) is 0.300. The molecule has 0 heterocycles. The zero-order valence-corrected chi connectivity index (χ0v) is 20.5. The van der Waals surface area contributed by atoms with Gasteiger partial charge in [-0.25, -0.2) is 0 Å². The number of ether oxygens (including phenoxy) is 1. The van der Waals surface area contributed by atoms with Crippen LogP contribution in [0.4, 0.5) is 11.4 Å². The van der Waals surface area contributed by atoms with Gasteiger partial charge in [-0.15, -0.1) is 0 Å². The van der Waals surface area contributed by atoms with E-state index in [1.165, 1.54) is 32.1 Å². The molecule has 4 rings (SSSR count). The van der Waals surface area contributed by atoms with Crippen molar-refractivity contribution in [3.8, 4) is 5.75 Å². The largest absolute Gasteiger partial charge is 0.497 e. The molecule has 35 heavy (non-hydrogen) atoms. The molecule has 0 radical (unpaired) electrons. The molecule has 182 valence electrons. The molecule has 1 fully saturated rings. The van der Waals surface area contributed by atoms with Crippen LogP contribution in [0.3, 0.4) is 0 Å². The van der Waals surface area contributed by atoms with E-state index in [0.717, 1.165) is 40.4 Å². The molecular weight excluding hydrogens is 434 g/mol. The summed E-state index contributed by atoms with van der Waals surface area (Å²) < 4.78 is 5.21. The number of benzene rings is 3. The lowest BCUT2D eigenvalue weighted by Crippen LogP contribution is -2.26. The molecular formula is C30H35N3O2. The number of carbonyl (C=O) groups is 1. The Morgan fingerprint density at radius 3 is 2.43 bits per heavy atom. The van der Waals surface area contributed by atoms with Crippen molar-refractivity contribution in [3.05, 3.63) is 96.1 Å². The van der Waals surface area contributed by atoms with Gasteiger partial charge in [0.25, 0.3) is 5.91 Å². The number of amides is 1. The van der Waals surface area contributed by atoms with Crippen LogP contribution in [0.25, 0.3) is 5.70 Å². The van der Waals surface area contributed by atoms with Crippen molar-refractivity contribution < 1.29 is 9.53 Å². The summed E-state index contributed by atoms with van der Waals surface area (Å²) in [6.45, 7) is 4.86. The molecule has 3 aromatic rings. The second-order valence-electron chi connectivity index (χ2n) is 9.06. The summed E-state index contributed by atoms with van der Waals surface area (Å²) in [6, 6.07) is 24.2. The maximum Gasteiger partial charge on any atom is 0.251 e. The molecule has 0 aliphatic heterocycles. The second kappa shape index (κ2) is 12.1. The van der Waals surface area contributed by atoms with Crippen LogP contribution < -0.4 is 20.7 Å². The summed E-state index contributed by atoms with van der Waals surface area (Å²) in [4.78, 5) is 13.0. The topological polar surface area (TPSA) is 62.4 Å². The van der Waals surface area contributed by atoms with E-state index in [-0.39, 0.29) is 5.91 Å².